The van der Waals surface area contributed by atoms with E-state index in [1.165, 1.54) is 6.92 Å². The molecule has 1 rings (SSSR count). The van der Waals surface area contributed by atoms with Crippen molar-refractivity contribution in [3.05, 3.63) is 0 Å². The Labute approximate surface area is 95.5 Å². The summed E-state index contributed by atoms with van der Waals surface area (Å²) in [5.74, 6) is -2.49. The second-order valence-electron chi connectivity index (χ2n) is 3.67. The van der Waals surface area contributed by atoms with Crippen LogP contribution in [0.1, 0.15) is 19.8 Å². The highest BCUT2D eigenvalue weighted by Gasteiger charge is 2.47. The lowest BCUT2D eigenvalue weighted by Gasteiger charge is -2.25. The Kier molecular flexibility index (Phi) is 3.83. The van der Waals surface area contributed by atoms with E-state index in [1.54, 1.807) is 0 Å². The zero-order valence-corrected chi connectivity index (χ0v) is 9.31. The average Bonchev–Trinajstić information content (AvgIpc) is 2.61. The molecule has 0 spiro atoms. The number of halogens is 4. The minimum absolute atomic E-state index is 0.0433. The first-order valence-corrected chi connectivity index (χ1v) is 5.24. The molecule has 1 fully saturated rings. The minimum atomic E-state index is -4.93. The Bertz CT molecular complexity index is 304. The molecular weight excluding hydrogens is 247 g/mol. The second kappa shape index (κ2) is 4.61. The van der Waals surface area contributed by atoms with Gasteiger partial charge in [-0.2, -0.15) is 13.2 Å². The third-order valence-corrected chi connectivity index (χ3v) is 2.69. The van der Waals surface area contributed by atoms with Crippen LogP contribution in [0.25, 0.3) is 0 Å². The number of amides is 1. The summed E-state index contributed by atoms with van der Waals surface area (Å²) in [4.78, 5) is 23.1. The lowest BCUT2D eigenvalue weighted by Crippen LogP contribution is -2.48. The summed E-state index contributed by atoms with van der Waals surface area (Å²) in [5, 5.41) is -0.883. The zero-order valence-electron chi connectivity index (χ0n) is 8.55. The van der Waals surface area contributed by atoms with Crippen LogP contribution in [0.3, 0.4) is 0 Å². The fraction of sp³-hybridized carbons (Fsp3) is 0.778. The van der Waals surface area contributed by atoms with Crippen molar-refractivity contribution in [2.45, 2.75) is 37.4 Å². The van der Waals surface area contributed by atoms with Crippen molar-refractivity contribution in [1.82, 2.24) is 4.90 Å². The van der Waals surface area contributed by atoms with Gasteiger partial charge in [-0.3, -0.25) is 9.59 Å². The monoisotopic (exact) mass is 257 g/mol. The summed E-state index contributed by atoms with van der Waals surface area (Å²) in [7, 11) is 0. The third-order valence-electron chi connectivity index (χ3n) is 2.48. The van der Waals surface area contributed by atoms with Crippen molar-refractivity contribution >= 4 is 23.3 Å². The van der Waals surface area contributed by atoms with Gasteiger partial charge in [0.25, 0.3) is 0 Å². The summed E-state index contributed by atoms with van der Waals surface area (Å²) < 4.78 is 36.6. The smallest absolute Gasteiger partial charge is 0.325 e. The first-order valence-electron chi connectivity index (χ1n) is 4.80. The van der Waals surface area contributed by atoms with Crippen LogP contribution in [0.2, 0.25) is 0 Å². The number of carbonyl (C=O) groups excluding carboxylic acids is 2. The molecule has 0 N–H and O–H groups in total. The Morgan fingerprint density at radius 3 is 2.44 bits per heavy atom. The van der Waals surface area contributed by atoms with Crippen LogP contribution in [0.5, 0.6) is 0 Å². The van der Waals surface area contributed by atoms with Gasteiger partial charge in [0.1, 0.15) is 0 Å². The molecule has 0 aromatic rings. The highest BCUT2D eigenvalue weighted by molar-refractivity contribution is 6.31. The van der Waals surface area contributed by atoms with Gasteiger partial charge in [-0.15, -0.1) is 11.6 Å². The number of hydrogen-bond acceptors (Lipinski definition) is 2. The van der Waals surface area contributed by atoms with Gasteiger partial charge in [-0.1, -0.05) is 0 Å². The first-order chi connectivity index (χ1) is 7.25. The predicted octanol–water partition coefficient (Wildman–Crippen LogP) is 1.74. The lowest BCUT2D eigenvalue weighted by atomic mass is 10.1. The van der Waals surface area contributed by atoms with Gasteiger partial charge >= 0.3 is 12.1 Å². The van der Waals surface area contributed by atoms with Crippen LogP contribution >= 0.6 is 11.6 Å². The van der Waals surface area contributed by atoms with Crippen LogP contribution in [0.4, 0.5) is 13.2 Å². The van der Waals surface area contributed by atoms with Crippen molar-refractivity contribution in [3.8, 4) is 0 Å². The molecule has 1 amide bonds. The summed E-state index contributed by atoms with van der Waals surface area (Å²) in [5.41, 5.74) is 0. The molecular formula is C9H11ClF3NO2. The highest BCUT2D eigenvalue weighted by Crippen LogP contribution is 2.27. The number of nitrogens with zero attached hydrogens (tertiary/aromatic N) is 1. The van der Waals surface area contributed by atoms with E-state index in [-0.39, 0.29) is 13.0 Å². The number of Topliss-reactive ketones (excluding diaryl/α,β-unsaturated/α-hetero) is 1. The van der Waals surface area contributed by atoms with E-state index in [9.17, 15) is 22.8 Å². The number of carbonyl (C=O) groups is 2. The third kappa shape index (κ3) is 2.66. The van der Waals surface area contributed by atoms with Gasteiger partial charge in [-0.25, -0.2) is 0 Å². The second-order valence-corrected chi connectivity index (χ2v) is 4.33. The van der Waals surface area contributed by atoms with Crippen molar-refractivity contribution in [3.63, 3.8) is 0 Å². The normalized spacial score (nSPS) is 23.3. The molecule has 1 saturated heterocycles. The summed E-state index contributed by atoms with van der Waals surface area (Å²) in [6, 6.07) is -1.03. The molecule has 0 aromatic carbocycles. The summed E-state index contributed by atoms with van der Waals surface area (Å²) >= 11 is 5.52. The van der Waals surface area contributed by atoms with Crippen LogP contribution in [-0.2, 0) is 9.59 Å². The molecule has 1 aliphatic rings. The molecule has 2 unspecified atom stereocenters. The molecule has 7 heteroatoms. The molecule has 0 saturated carbocycles. The van der Waals surface area contributed by atoms with Crippen LogP contribution in [0.15, 0.2) is 0 Å². The molecule has 3 nitrogen and oxygen atoms in total. The van der Waals surface area contributed by atoms with Gasteiger partial charge in [0.15, 0.2) is 5.78 Å². The van der Waals surface area contributed by atoms with E-state index in [1.807, 2.05) is 0 Å². The number of ketones is 1. The predicted molar refractivity (Wildman–Crippen MR) is 51.1 cm³/mol. The molecule has 16 heavy (non-hydrogen) atoms. The lowest BCUT2D eigenvalue weighted by molar-refractivity contribution is -0.186. The van der Waals surface area contributed by atoms with Gasteiger partial charge in [0, 0.05) is 6.54 Å². The maximum Gasteiger partial charge on any atom is 0.471 e. The average molecular weight is 258 g/mol. The molecule has 92 valence electrons. The van der Waals surface area contributed by atoms with Crippen LogP contribution in [0, 0.1) is 0 Å². The van der Waals surface area contributed by atoms with E-state index in [4.69, 9.17) is 11.6 Å². The first kappa shape index (κ1) is 13.3. The van der Waals surface area contributed by atoms with Crippen molar-refractivity contribution in [1.29, 1.82) is 0 Å². The van der Waals surface area contributed by atoms with E-state index < -0.39 is 29.3 Å². The molecule has 1 heterocycles. The Hall–Kier alpha value is -0.780. The van der Waals surface area contributed by atoms with Gasteiger partial charge in [-0.05, 0) is 19.8 Å². The Balaban J connectivity index is 2.81. The topological polar surface area (TPSA) is 37.4 Å². The van der Waals surface area contributed by atoms with Crippen LogP contribution < -0.4 is 0 Å². The van der Waals surface area contributed by atoms with E-state index in [0.717, 1.165) is 0 Å². The van der Waals surface area contributed by atoms with Crippen LogP contribution in [-0.4, -0.2) is 40.7 Å². The molecule has 0 radical (unpaired) electrons. The molecule has 2 atom stereocenters. The van der Waals surface area contributed by atoms with Crippen molar-refractivity contribution in [2.75, 3.05) is 6.54 Å². The number of rotatable bonds is 2. The largest absolute Gasteiger partial charge is 0.471 e. The van der Waals surface area contributed by atoms with Gasteiger partial charge in [0.05, 0.1) is 11.4 Å². The number of alkyl halides is 4. The molecule has 0 aliphatic carbocycles. The maximum atomic E-state index is 12.2. The molecule has 0 aromatic heterocycles. The van der Waals surface area contributed by atoms with Crippen molar-refractivity contribution < 1.29 is 22.8 Å². The fourth-order valence-corrected chi connectivity index (χ4v) is 1.88. The zero-order chi connectivity index (χ0) is 12.5. The molecule has 0 bridgehead atoms. The quantitative estimate of drug-likeness (QED) is 0.707. The fourth-order valence-electron chi connectivity index (χ4n) is 1.73. The van der Waals surface area contributed by atoms with Gasteiger partial charge < -0.3 is 4.90 Å². The standard InChI is InChI=1S/C9H11ClF3NO2/c1-5(10)7(15)6-3-2-4-14(6)8(16)9(11,12)13/h5-6H,2-4H2,1H3. The minimum Gasteiger partial charge on any atom is -0.325 e. The SMILES string of the molecule is CC(Cl)C(=O)C1CCCN1C(=O)C(F)(F)F. The highest BCUT2D eigenvalue weighted by atomic mass is 35.5. The van der Waals surface area contributed by atoms with E-state index in [2.05, 4.69) is 0 Å². The number of hydrogen-bond donors (Lipinski definition) is 0. The van der Waals surface area contributed by atoms with Gasteiger partial charge in [0.2, 0.25) is 0 Å². The maximum absolute atomic E-state index is 12.2. The number of likely N-dealkylation sites (tertiary alicyclic amines) is 1. The van der Waals surface area contributed by atoms with Crippen molar-refractivity contribution in [2.24, 2.45) is 0 Å². The van der Waals surface area contributed by atoms with E-state index >= 15 is 0 Å². The Morgan fingerprint density at radius 2 is 2.00 bits per heavy atom. The Morgan fingerprint density at radius 1 is 1.44 bits per heavy atom. The summed E-state index contributed by atoms with van der Waals surface area (Å²) in [6.45, 7) is 1.34. The van der Waals surface area contributed by atoms with E-state index in [0.29, 0.717) is 11.3 Å². The molecule has 1 aliphatic heterocycles. The summed E-state index contributed by atoms with van der Waals surface area (Å²) in [6.07, 6.45) is -4.29.